The molecule has 4 rings (SSSR count). The van der Waals surface area contributed by atoms with Crippen LogP contribution in [0.25, 0.3) is 0 Å². The Kier molecular flexibility index (Phi) is 13.3. The first-order valence-corrected chi connectivity index (χ1v) is 16.4. The lowest BCUT2D eigenvalue weighted by Crippen LogP contribution is -2.70. The molecule has 0 aromatic carbocycles. The lowest BCUT2D eigenvalue weighted by molar-refractivity contribution is -0.306. The minimum absolute atomic E-state index is 0.0342. The molecule has 20 nitrogen and oxygen atoms in total. The van der Waals surface area contributed by atoms with Crippen molar-refractivity contribution in [1.82, 2.24) is 10.6 Å². The minimum atomic E-state index is -1.93. The fraction of sp³-hybridized carbons (Fsp3) is 0.929. The average molecular weight is 694 g/mol. The number of aliphatic imine (C=N–C) groups is 1. The number of ether oxygens (including phenoxy) is 3. The molecule has 0 radical (unpaired) electrons. The molecule has 0 aromatic rings. The van der Waals surface area contributed by atoms with Crippen molar-refractivity contribution in [2.24, 2.45) is 45.3 Å². The number of carbonyl (C=O) groups is 1. The van der Waals surface area contributed by atoms with Crippen LogP contribution in [0.15, 0.2) is 4.99 Å². The van der Waals surface area contributed by atoms with Gasteiger partial charge in [0.1, 0.15) is 24.4 Å². The third kappa shape index (κ3) is 8.71. The monoisotopic (exact) mass is 693 g/mol. The number of amides is 1. The summed E-state index contributed by atoms with van der Waals surface area (Å²) in [6.07, 6.45) is -10.9. The second-order valence-corrected chi connectivity index (χ2v) is 13.5. The maximum absolute atomic E-state index is 13.3. The van der Waals surface area contributed by atoms with E-state index in [9.17, 15) is 40.5 Å². The van der Waals surface area contributed by atoms with E-state index in [0.717, 1.165) is 0 Å². The molecule has 0 aromatic heterocycles. The van der Waals surface area contributed by atoms with Gasteiger partial charge in [0.15, 0.2) is 17.9 Å². The van der Waals surface area contributed by atoms with Gasteiger partial charge < -0.3 is 95.0 Å². The number of nitrogens with one attached hydrogen (secondary N) is 2. The van der Waals surface area contributed by atoms with Crippen molar-refractivity contribution in [2.75, 3.05) is 26.2 Å². The van der Waals surface area contributed by atoms with Gasteiger partial charge in [-0.3, -0.25) is 4.79 Å². The highest BCUT2D eigenvalue weighted by atomic mass is 16.7. The van der Waals surface area contributed by atoms with Gasteiger partial charge in [-0.25, -0.2) is 4.99 Å². The Morgan fingerprint density at radius 2 is 1.73 bits per heavy atom. The molecule has 2 aliphatic carbocycles. The van der Waals surface area contributed by atoms with Gasteiger partial charge in [-0.15, -0.1) is 0 Å². The highest BCUT2D eigenvalue weighted by Gasteiger charge is 2.61. The predicted octanol–water partition coefficient (Wildman–Crippen LogP) is -8.36. The third-order valence-electron chi connectivity index (χ3n) is 9.83. The smallest absolute Gasteiger partial charge is 0.254 e. The van der Waals surface area contributed by atoms with Gasteiger partial charge in [0.25, 0.3) is 5.91 Å². The molecule has 17 atom stereocenters. The van der Waals surface area contributed by atoms with Gasteiger partial charge in [-0.1, -0.05) is 0 Å². The van der Waals surface area contributed by atoms with Gasteiger partial charge >= 0.3 is 0 Å². The fourth-order valence-electron chi connectivity index (χ4n) is 6.90. The summed E-state index contributed by atoms with van der Waals surface area (Å²) in [6, 6.07) is -4.91. The molecular weight excluding hydrogens is 638 g/mol. The number of hydrogen-bond donors (Lipinski definition) is 15. The lowest BCUT2D eigenvalue weighted by atomic mass is 9.72. The highest BCUT2D eigenvalue weighted by molar-refractivity contribution is 5.90. The standard InChI is InChI=1S/C28H55N9O11/c29-3-1-2-10(39)7-35-8-15-14(40)5-12(31)23(46-15)18-11(30)4-13(36-26(44)28(45)6-17(28)37-27(33)34)24(21(18)42)48-25-22(43)19(32)20(41)16(9-38)47-25/h10-25,35,38-43,45H,1-9,29-32H2,(H,36,44)(H4,33,34,37). The van der Waals surface area contributed by atoms with E-state index in [0.29, 0.717) is 19.4 Å². The number of nitrogens with two attached hydrogens (primary N) is 6. The molecular formula is C28H55N9O11. The Morgan fingerprint density at radius 3 is 2.38 bits per heavy atom. The van der Waals surface area contributed by atoms with E-state index >= 15 is 0 Å². The SMILES string of the molecule is NCCCC(O)CNCC1OC(C2C(N)CC(NC(=O)C3(O)CC3N=C(N)N)C(OC3OC(CO)C(O)C(N)C3O)C2O)C(N)CC1O. The molecule has 1 amide bonds. The topological polar surface area (TPSA) is 379 Å². The summed E-state index contributed by atoms with van der Waals surface area (Å²) in [6.45, 7) is 0.176. The zero-order chi connectivity index (χ0) is 35.5. The summed E-state index contributed by atoms with van der Waals surface area (Å²) < 4.78 is 17.9. The van der Waals surface area contributed by atoms with Crippen LogP contribution in [0, 0.1) is 5.92 Å². The van der Waals surface area contributed by atoms with E-state index < -0.39 is 115 Å². The number of nitrogens with zero attached hydrogens (tertiary/aromatic N) is 1. The number of aliphatic hydroxyl groups excluding tert-OH is 6. The first-order valence-electron chi connectivity index (χ1n) is 16.4. The predicted molar refractivity (Wildman–Crippen MR) is 168 cm³/mol. The second-order valence-electron chi connectivity index (χ2n) is 13.5. The summed E-state index contributed by atoms with van der Waals surface area (Å²) in [4.78, 5) is 17.1. The average Bonchev–Trinajstić information content (AvgIpc) is 3.68. The van der Waals surface area contributed by atoms with E-state index in [2.05, 4.69) is 15.6 Å². The van der Waals surface area contributed by atoms with Crippen molar-refractivity contribution in [3.05, 3.63) is 0 Å². The molecule has 0 bridgehead atoms. The molecule has 2 heterocycles. The van der Waals surface area contributed by atoms with Crippen molar-refractivity contribution < 1.29 is 54.8 Å². The molecule has 278 valence electrons. The Labute approximate surface area is 278 Å². The number of carbonyl (C=O) groups excluding carboxylic acids is 1. The summed E-state index contributed by atoms with van der Waals surface area (Å²) in [5.41, 5.74) is 33.4. The van der Waals surface area contributed by atoms with Crippen LogP contribution in [0.5, 0.6) is 0 Å². The zero-order valence-corrected chi connectivity index (χ0v) is 26.8. The van der Waals surface area contributed by atoms with Gasteiger partial charge in [0.05, 0.1) is 55.3 Å². The molecule has 2 aliphatic heterocycles. The molecule has 0 spiro atoms. The number of guanidine groups is 1. The van der Waals surface area contributed by atoms with E-state index in [1.165, 1.54) is 0 Å². The Hall–Kier alpha value is -1.86. The lowest BCUT2D eigenvalue weighted by Gasteiger charge is -2.51. The molecule has 2 saturated carbocycles. The fourth-order valence-corrected chi connectivity index (χ4v) is 6.90. The van der Waals surface area contributed by atoms with Crippen LogP contribution >= 0.6 is 0 Å². The van der Waals surface area contributed by atoms with Crippen LogP contribution in [0.3, 0.4) is 0 Å². The molecule has 4 fully saturated rings. The van der Waals surface area contributed by atoms with E-state index in [-0.39, 0.29) is 38.3 Å². The normalized spacial score (nSPS) is 45.3. The second kappa shape index (κ2) is 16.4. The van der Waals surface area contributed by atoms with E-state index in [4.69, 9.17) is 48.6 Å². The molecule has 17 unspecified atom stereocenters. The quantitative estimate of drug-likeness (QED) is 0.0593. The summed E-state index contributed by atoms with van der Waals surface area (Å²) >= 11 is 0. The highest BCUT2D eigenvalue weighted by Crippen LogP contribution is 2.41. The first kappa shape index (κ1) is 38.9. The molecule has 21 N–H and O–H groups in total. The third-order valence-corrected chi connectivity index (χ3v) is 9.83. The Balaban J connectivity index is 1.54. The van der Waals surface area contributed by atoms with Gasteiger partial charge in [-0.2, -0.15) is 0 Å². The molecule has 20 heteroatoms. The van der Waals surface area contributed by atoms with Crippen LogP contribution in [0.1, 0.15) is 32.1 Å². The van der Waals surface area contributed by atoms with Crippen LogP contribution in [0.4, 0.5) is 0 Å². The number of rotatable bonds is 14. The van der Waals surface area contributed by atoms with Crippen molar-refractivity contribution in [1.29, 1.82) is 0 Å². The van der Waals surface area contributed by atoms with Crippen molar-refractivity contribution in [3.8, 4) is 0 Å². The molecule has 2 saturated heterocycles. The van der Waals surface area contributed by atoms with E-state index in [1.807, 2.05) is 0 Å². The number of hydrogen-bond acceptors (Lipinski definition) is 17. The maximum Gasteiger partial charge on any atom is 0.254 e. The zero-order valence-electron chi connectivity index (χ0n) is 26.8. The van der Waals surface area contributed by atoms with Crippen LogP contribution < -0.4 is 45.0 Å². The van der Waals surface area contributed by atoms with Crippen molar-refractivity contribution in [2.45, 2.75) is 129 Å². The van der Waals surface area contributed by atoms with Gasteiger partial charge in [-0.05, 0) is 32.2 Å². The Bertz CT molecular complexity index is 1090. The summed E-state index contributed by atoms with van der Waals surface area (Å²) in [7, 11) is 0. The largest absolute Gasteiger partial charge is 0.394 e. The van der Waals surface area contributed by atoms with Gasteiger partial charge in [0, 0.05) is 37.5 Å². The van der Waals surface area contributed by atoms with Crippen LogP contribution in [-0.2, 0) is 19.0 Å². The number of aliphatic hydroxyl groups is 7. The summed E-state index contributed by atoms with van der Waals surface area (Å²) in [5.74, 6) is -2.10. The molecule has 4 aliphatic rings. The van der Waals surface area contributed by atoms with Crippen molar-refractivity contribution in [3.63, 3.8) is 0 Å². The molecule has 48 heavy (non-hydrogen) atoms. The van der Waals surface area contributed by atoms with E-state index in [1.54, 1.807) is 0 Å². The maximum atomic E-state index is 13.3. The van der Waals surface area contributed by atoms with Crippen LogP contribution in [0.2, 0.25) is 0 Å². The summed E-state index contributed by atoms with van der Waals surface area (Å²) in [5, 5.41) is 80.2. The van der Waals surface area contributed by atoms with Crippen LogP contribution in [-0.4, -0.2) is 171 Å². The van der Waals surface area contributed by atoms with Gasteiger partial charge in [0.2, 0.25) is 0 Å². The van der Waals surface area contributed by atoms with Crippen molar-refractivity contribution >= 4 is 11.9 Å². The first-order chi connectivity index (χ1) is 22.6. The Morgan fingerprint density at radius 1 is 1.02 bits per heavy atom. The minimum Gasteiger partial charge on any atom is -0.394 e.